The normalized spacial score (nSPS) is 15.7. The molecular weight excluding hydrogens is 376 g/mol. The van der Waals surface area contributed by atoms with E-state index in [-0.39, 0.29) is 17.7 Å². The van der Waals surface area contributed by atoms with Crippen LogP contribution in [0.15, 0.2) is 47.8 Å². The lowest BCUT2D eigenvalue weighted by Crippen LogP contribution is -2.55. The first-order chi connectivity index (χ1) is 13.5. The van der Waals surface area contributed by atoms with Crippen molar-refractivity contribution in [3.05, 3.63) is 52.7 Å². The van der Waals surface area contributed by atoms with E-state index in [1.807, 2.05) is 40.6 Å². The van der Waals surface area contributed by atoms with E-state index in [1.165, 1.54) is 11.3 Å². The molecule has 2 heterocycles. The predicted octanol–water partition coefficient (Wildman–Crippen LogP) is 1.65. The molecule has 1 aromatic heterocycles. The number of benzene rings is 1. The van der Waals surface area contributed by atoms with Gasteiger partial charge in [-0.3, -0.25) is 19.3 Å². The Morgan fingerprint density at radius 2 is 1.75 bits per heavy atom. The second-order valence-corrected chi connectivity index (χ2v) is 7.64. The largest absolute Gasteiger partial charge is 0.340 e. The Morgan fingerprint density at radius 3 is 2.39 bits per heavy atom. The topological polar surface area (TPSA) is 81.8 Å². The van der Waals surface area contributed by atoms with Crippen LogP contribution in [0.5, 0.6) is 0 Å². The second kappa shape index (κ2) is 9.48. The summed E-state index contributed by atoms with van der Waals surface area (Å²) in [6.45, 7) is 4.32. The molecule has 1 atom stereocenters. The second-order valence-electron chi connectivity index (χ2n) is 6.69. The Labute approximate surface area is 168 Å². The molecule has 0 bridgehead atoms. The minimum Gasteiger partial charge on any atom is -0.340 e. The maximum Gasteiger partial charge on any atom is 0.261 e. The van der Waals surface area contributed by atoms with Crippen LogP contribution >= 0.6 is 11.3 Å². The van der Waals surface area contributed by atoms with Gasteiger partial charge in [0, 0.05) is 31.9 Å². The lowest BCUT2D eigenvalue weighted by molar-refractivity contribution is -0.134. The zero-order valence-corrected chi connectivity index (χ0v) is 16.6. The van der Waals surface area contributed by atoms with Gasteiger partial charge < -0.3 is 15.5 Å². The monoisotopic (exact) mass is 400 g/mol. The van der Waals surface area contributed by atoms with Crippen LogP contribution in [0.1, 0.15) is 16.6 Å². The van der Waals surface area contributed by atoms with Gasteiger partial charge in [0.15, 0.2) is 0 Å². The molecule has 1 saturated heterocycles. The summed E-state index contributed by atoms with van der Waals surface area (Å²) in [6, 6.07) is 12.3. The summed E-state index contributed by atoms with van der Waals surface area (Å²) in [4.78, 5) is 41.2. The highest BCUT2D eigenvalue weighted by Crippen LogP contribution is 2.10. The van der Waals surface area contributed by atoms with Gasteiger partial charge in [0.25, 0.3) is 5.91 Å². The van der Waals surface area contributed by atoms with Crippen molar-refractivity contribution in [1.82, 2.24) is 15.1 Å². The summed E-state index contributed by atoms with van der Waals surface area (Å²) >= 11 is 1.35. The fraction of sp³-hybridized carbons (Fsp3) is 0.350. The van der Waals surface area contributed by atoms with Gasteiger partial charge in [-0.2, -0.15) is 0 Å². The molecule has 0 aliphatic carbocycles. The van der Waals surface area contributed by atoms with Gasteiger partial charge in [-0.05, 0) is 30.5 Å². The Balaban J connectivity index is 1.42. The molecule has 7 nitrogen and oxygen atoms in total. The predicted molar refractivity (Wildman–Crippen MR) is 109 cm³/mol. The number of rotatable bonds is 6. The molecule has 1 aromatic carbocycles. The van der Waals surface area contributed by atoms with Crippen molar-refractivity contribution in [2.24, 2.45) is 0 Å². The number of para-hydroxylation sites is 1. The van der Waals surface area contributed by atoms with Crippen LogP contribution in [0.3, 0.4) is 0 Å². The van der Waals surface area contributed by atoms with Crippen molar-refractivity contribution in [2.75, 3.05) is 38.0 Å². The standard InChI is InChI=1S/C20H24N4O3S/c1-15(21-19(26)17-8-5-13-28-17)20(27)24-11-9-23(10-12-24)14-18(25)22-16-6-3-2-4-7-16/h2-8,13,15H,9-12,14H2,1H3,(H,21,26)(H,22,25). The summed E-state index contributed by atoms with van der Waals surface area (Å²) in [5.41, 5.74) is 0.775. The van der Waals surface area contributed by atoms with E-state index >= 15 is 0 Å². The van der Waals surface area contributed by atoms with E-state index in [9.17, 15) is 14.4 Å². The maximum atomic E-state index is 12.6. The van der Waals surface area contributed by atoms with Gasteiger partial charge in [-0.15, -0.1) is 11.3 Å². The van der Waals surface area contributed by atoms with Crippen LogP contribution in [-0.2, 0) is 9.59 Å². The van der Waals surface area contributed by atoms with E-state index in [0.29, 0.717) is 37.6 Å². The highest BCUT2D eigenvalue weighted by atomic mass is 32.1. The van der Waals surface area contributed by atoms with Crippen LogP contribution in [0.4, 0.5) is 5.69 Å². The van der Waals surface area contributed by atoms with Crippen molar-refractivity contribution >= 4 is 34.7 Å². The molecule has 8 heteroatoms. The van der Waals surface area contributed by atoms with Gasteiger partial charge >= 0.3 is 0 Å². The number of carbonyl (C=O) groups excluding carboxylic acids is 3. The number of thiophene rings is 1. The van der Waals surface area contributed by atoms with Crippen LogP contribution in [-0.4, -0.2) is 66.3 Å². The minimum atomic E-state index is -0.581. The zero-order chi connectivity index (χ0) is 19.9. The Kier molecular flexibility index (Phi) is 6.78. The van der Waals surface area contributed by atoms with Crippen molar-refractivity contribution < 1.29 is 14.4 Å². The van der Waals surface area contributed by atoms with Crippen molar-refractivity contribution in [3.63, 3.8) is 0 Å². The third-order valence-electron chi connectivity index (χ3n) is 4.57. The molecule has 0 saturated carbocycles. The molecule has 28 heavy (non-hydrogen) atoms. The zero-order valence-electron chi connectivity index (χ0n) is 15.8. The third kappa shape index (κ3) is 5.40. The quantitative estimate of drug-likeness (QED) is 0.773. The van der Waals surface area contributed by atoms with Gasteiger partial charge in [0.2, 0.25) is 11.8 Å². The molecule has 148 valence electrons. The number of piperazine rings is 1. The molecule has 1 aliphatic rings. The van der Waals surface area contributed by atoms with Gasteiger partial charge in [-0.25, -0.2) is 0 Å². The van der Waals surface area contributed by atoms with Crippen LogP contribution in [0.2, 0.25) is 0 Å². The van der Waals surface area contributed by atoms with E-state index in [1.54, 1.807) is 24.0 Å². The average Bonchev–Trinajstić information content (AvgIpc) is 3.23. The lowest BCUT2D eigenvalue weighted by atomic mass is 10.2. The molecule has 3 rings (SSSR count). The summed E-state index contributed by atoms with van der Waals surface area (Å²) in [5.74, 6) is -0.395. The summed E-state index contributed by atoms with van der Waals surface area (Å²) < 4.78 is 0. The molecule has 1 fully saturated rings. The Hall–Kier alpha value is -2.71. The summed E-state index contributed by atoms with van der Waals surface area (Å²) in [6.07, 6.45) is 0. The summed E-state index contributed by atoms with van der Waals surface area (Å²) in [5, 5.41) is 7.45. The maximum absolute atomic E-state index is 12.6. The molecule has 1 unspecified atom stereocenters. The first-order valence-corrected chi connectivity index (χ1v) is 10.1. The van der Waals surface area contributed by atoms with E-state index in [0.717, 1.165) is 5.69 Å². The van der Waals surface area contributed by atoms with Crippen LogP contribution in [0, 0.1) is 0 Å². The highest BCUT2D eigenvalue weighted by molar-refractivity contribution is 7.12. The van der Waals surface area contributed by atoms with Crippen molar-refractivity contribution in [3.8, 4) is 0 Å². The lowest BCUT2D eigenvalue weighted by Gasteiger charge is -2.35. The van der Waals surface area contributed by atoms with Crippen LogP contribution < -0.4 is 10.6 Å². The molecule has 2 N–H and O–H groups in total. The van der Waals surface area contributed by atoms with Gasteiger partial charge in [0.05, 0.1) is 11.4 Å². The minimum absolute atomic E-state index is 0.0671. The van der Waals surface area contributed by atoms with Crippen LogP contribution in [0.25, 0.3) is 0 Å². The molecule has 0 radical (unpaired) electrons. The van der Waals surface area contributed by atoms with E-state index < -0.39 is 6.04 Å². The average molecular weight is 401 g/mol. The molecule has 3 amide bonds. The Morgan fingerprint density at radius 1 is 1.04 bits per heavy atom. The third-order valence-corrected chi connectivity index (χ3v) is 5.44. The number of carbonyl (C=O) groups is 3. The van der Waals surface area contributed by atoms with Crippen molar-refractivity contribution in [1.29, 1.82) is 0 Å². The SMILES string of the molecule is CC(NC(=O)c1cccs1)C(=O)N1CCN(CC(=O)Nc2ccccc2)CC1. The number of amides is 3. The number of nitrogens with zero attached hydrogens (tertiary/aromatic N) is 2. The molecule has 2 aromatic rings. The van der Waals surface area contributed by atoms with Crippen molar-refractivity contribution in [2.45, 2.75) is 13.0 Å². The van der Waals surface area contributed by atoms with E-state index in [2.05, 4.69) is 10.6 Å². The number of anilines is 1. The first-order valence-electron chi connectivity index (χ1n) is 9.23. The van der Waals surface area contributed by atoms with Gasteiger partial charge in [0.1, 0.15) is 6.04 Å². The fourth-order valence-corrected chi connectivity index (χ4v) is 3.69. The molecular formula is C20H24N4O3S. The Bertz CT molecular complexity index is 802. The van der Waals surface area contributed by atoms with E-state index in [4.69, 9.17) is 0 Å². The molecule has 0 spiro atoms. The number of hydrogen-bond acceptors (Lipinski definition) is 5. The first kappa shape index (κ1) is 20.0. The smallest absolute Gasteiger partial charge is 0.261 e. The summed E-state index contributed by atoms with van der Waals surface area (Å²) in [7, 11) is 0. The van der Waals surface area contributed by atoms with Gasteiger partial charge in [-0.1, -0.05) is 24.3 Å². The number of nitrogens with one attached hydrogen (secondary N) is 2. The molecule has 1 aliphatic heterocycles. The fourth-order valence-electron chi connectivity index (χ4n) is 3.06. The number of hydrogen-bond donors (Lipinski definition) is 2. The highest BCUT2D eigenvalue weighted by Gasteiger charge is 2.26.